The van der Waals surface area contributed by atoms with Crippen molar-refractivity contribution in [1.82, 2.24) is 0 Å². The summed E-state index contributed by atoms with van der Waals surface area (Å²) in [6, 6.07) is 5.84. The van der Waals surface area contributed by atoms with Crippen molar-refractivity contribution in [3.05, 3.63) is 28.2 Å². The lowest BCUT2D eigenvalue weighted by atomic mass is 9.85. The van der Waals surface area contributed by atoms with E-state index in [-0.39, 0.29) is 0 Å². The topological polar surface area (TPSA) is 20.2 Å². The Bertz CT molecular complexity index is 329. The van der Waals surface area contributed by atoms with Crippen LogP contribution in [0.1, 0.15) is 37.7 Å². The van der Waals surface area contributed by atoms with Crippen molar-refractivity contribution in [1.29, 1.82) is 0 Å². The van der Waals surface area contributed by atoms with Gasteiger partial charge in [-0.2, -0.15) is 0 Å². The number of aromatic hydroxyl groups is 1. The van der Waals surface area contributed by atoms with Crippen LogP contribution in [0.15, 0.2) is 22.7 Å². The van der Waals surface area contributed by atoms with Crippen molar-refractivity contribution in [2.45, 2.75) is 38.5 Å². The molecular weight excluding hydrogens is 252 g/mol. The molecule has 1 aromatic rings. The Morgan fingerprint density at radius 3 is 2.60 bits per heavy atom. The van der Waals surface area contributed by atoms with Crippen LogP contribution in [0.4, 0.5) is 0 Å². The van der Waals surface area contributed by atoms with E-state index in [1.54, 1.807) is 6.07 Å². The molecule has 0 spiro atoms. The number of hydrogen-bond donors (Lipinski definition) is 1. The van der Waals surface area contributed by atoms with Crippen molar-refractivity contribution >= 4 is 15.9 Å². The Balaban J connectivity index is 2.03. The zero-order chi connectivity index (χ0) is 10.7. The summed E-state index contributed by atoms with van der Waals surface area (Å²) >= 11 is 3.36. The number of halogens is 1. The molecule has 2 rings (SSSR count). The van der Waals surface area contributed by atoms with Crippen LogP contribution in [0.25, 0.3) is 0 Å². The maximum absolute atomic E-state index is 9.79. The molecule has 1 N–H and O–H groups in total. The molecule has 0 bridgehead atoms. The van der Waals surface area contributed by atoms with Gasteiger partial charge in [0.15, 0.2) is 0 Å². The molecule has 0 radical (unpaired) electrons. The highest BCUT2D eigenvalue weighted by molar-refractivity contribution is 9.10. The van der Waals surface area contributed by atoms with E-state index in [0.717, 1.165) is 22.4 Å². The number of phenols is 1. The third-order valence-corrected chi connectivity index (χ3v) is 3.77. The zero-order valence-corrected chi connectivity index (χ0v) is 10.5. The van der Waals surface area contributed by atoms with Gasteiger partial charge in [0.05, 0.1) is 0 Å². The molecule has 1 aliphatic rings. The van der Waals surface area contributed by atoms with Crippen molar-refractivity contribution in [2.24, 2.45) is 5.92 Å². The molecule has 0 aliphatic heterocycles. The second-order valence-electron chi connectivity index (χ2n) is 4.48. The summed E-state index contributed by atoms with van der Waals surface area (Å²) in [4.78, 5) is 0. The molecule has 15 heavy (non-hydrogen) atoms. The Hall–Kier alpha value is -0.500. The Labute approximate surface area is 99.6 Å². The minimum absolute atomic E-state index is 0.440. The Morgan fingerprint density at radius 2 is 1.93 bits per heavy atom. The summed E-state index contributed by atoms with van der Waals surface area (Å²) < 4.78 is 0.951. The van der Waals surface area contributed by atoms with Gasteiger partial charge >= 0.3 is 0 Å². The normalized spacial score (nSPS) is 17.9. The lowest BCUT2D eigenvalue weighted by Crippen LogP contribution is -2.09. The highest BCUT2D eigenvalue weighted by Crippen LogP contribution is 2.30. The van der Waals surface area contributed by atoms with Gasteiger partial charge in [-0.05, 0) is 30.0 Å². The van der Waals surface area contributed by atoms with Gasteiger partial charge in [0.25, 0.3) is 0 Å². The molecule has 1 aliphatic carbocycles. The fourth-order valence-electron chi connectivity index (χ4n) is 2.41. The van der Waals surface area contributed by atoms with Crippen LogP contribution >= 0.6 is 15.9 Å². The van der Waals surface area contributed by atoms with Crippen LogP contribution in [0.3, 0.4) is 0 Å². The average molecular weight is 269 g/mol. The van der Waals surface area contributed by atoms with Gasteiger partial charge in [0.1, 0.15) is 5.75 Å². The first-order chi connectivity index (χ1) is 7.25. The predicted octanol–water partition coefficient (Wildman–Crippen LogP) is 4.28. The molecule has 0 aromatic heterocycles. The molecule has 1 fully saturated rings. The van der Waals surface area contributed by atoms with E-state index in [9.17, 15) is 5.11 Å². The lowest BCUT2D eigenvalue weighted by molar-refractivity contribution is 0.351. The third-order valence-electron chi connectivity index (χ3n) is 3.28. The molecule has 0 amide bonds. The first kappa shape index (κ1) is 11.0. The van der Waals surface area contributed by atoms with Crippen LogP contribution in [-0.2, 0) is 6.42 Å². The third kappa shape index (κ3) is 2.97. The summed E-state index contributed by atoms with van der Waals surface area (Å²) in [6.45, 7) is 0. The maximum atomic E-state index is 9.79. The zero-order valence-electron chi connectivity index (χ0n) is 8.88. The largest absolute Gasteiger partial charge is 0.508 e. The van der Waals surface area contributed by atoms with E-state index in [2.05, 4.69) is 15.9 Å². The molecule has 0 heterocycles. The predicted molar refractivity (Wildman–Crippen MR) is 66.1 cm³/mol. The summed E-state index contributed by atoms with van der Waals surface area (Å²) in [7, 11) is 0. The number of phenolic OH excluding ortho intramolecular Hbond substituents is 1. The first-order valence-corrected chi connectivity index (χ1v) is 6.52. The van der Waals surface area contributed by atoms with Crippen LogP contribution in [0.5, 0.6) is 5.75 Å². The van der Waals surface area contributed by atoms with E-state index in [1.165, 1.54) is 32.1 Å². The number of hydrogen-bond acceptors (Lipinski definition) is 1. The van der Waals surface area contributed by atoms with Gasteiger partial charge in [-0.15, -0.1) is 0 Å². The molecule has 0 atom stereocenters. The van der Waals surface area contributed by atoms with Gasteiger partial charge in [0, 0.05) is 4.47 Å². The van der Waals surface area contributed by atoms with Crippen LogP contribution in [0, 0.1) is 5.92 Å². The van der Waals surface area contributed by atoms with Crippen molar-refractivity contribution in [2.75, 3.05) is 0 Å². The lowest BCUT2D eigenvalue weighted by Gasteiger charge is -2.21. The number of rotatable bonds is 2. The van der Waals surface area contributed by atoms with E-state index in [0.29, 0.717) is 5.75 Å². The van der Waals surface area contributed by atoms with Gasteiger partial charge in [-0.25, -0.2) is 0 Å². The van der Waals surface area contributed by atoms with E-state index in [4.69, 9.17) is 0 Å². The fraction of sp³-hybridized carbons (Fsp3) is 0.538. The van der Waals surface area contributed by atoms with Crippen molar-refractivity contribution in [3.8, 4) is 5.75 Å². The maximum Gasteiger partial charge on any atom is 0.119 e. The van der Waals surface area contributed by atoms with Crippen LogP contribution in [0.2, 0.25) is 0 Å². The average Bonchev–Trinajstić information content (AvgIpc) is 2.24. The summed E-state index contributed by atoms with van der Waals surface area (Å²) in [6.07, 6.45) is 7.82. The minimum atomic E-state index is 0.440. The smallest absolute Gasteiger partial charge is 0.119 e. The second-order valence-corrected chi connectivity index (χ2v) is 5.40. The standard InChI is InChI=1S/C13H17BrO/c14-12-7-6-11(13(15)9-12)8-10-4-2-1-3-5-10/h6-7,9-10,15H,1-5,8H2. The summed E-state index contributed by atoms with van der Waals surface area (Å²) in [5.41, 5.74) is 1.10. The summed E-state index contributed by atoms with van der Waals surface area (Å²) in [5.74, 6) is 1.22. The highest BCUT2D eigenvalue weighted by Gasteiger charge is 2.15. The number of benzene rings is 1. The molecule has 82 valence electrons. The second kappa shape index (κ2) is 5.02. The SMILES string of the molecule is Oc1cc(Br)ccc1CC1CCCCC1. The molecule has 1 aromatic carbocycles. The highest BCUT2D eigenvalue weighted by atomic mass is 79.9. The molecule has 2 heteroatoms. The van der Waals surface area contributed by atoms with E-state index < -0.39 is 0 Å². The molecule has 0 saturated heterocycles. The quantitative estimate of drug-likeness (QED) is 0.849. The van der Waals surface area contributed by atoms with Crippen LogP contribution in [-0.4, -0.2) is 5.11 Å². The van der Waals surface area contributed by atoms with Gasteiger partial charge < -0.3 is 5.11 Å². The molecule has 0 unspecified atom stereocenters. The molecule has 1 saturated carbocycles. The van der Waals surface area contributed by atoms with E-state index >= 15 is 0 Å². The molecular formula is C13H17BrO. The fourth-order valence-corrected chi connectivity index (χ4v) is 2.76. The first-order valence-electron chi connectivity index (χ1n) is 5.73. The van der Waals surface area contributed by atoms with Gasteiger partial charge in [0.2, 0.25) is 0 Å². The van der Waals surface area contributed by atoms with Crippen LogP contribution < -0.4 is 0 Å². The Morgan fingerprint density at radius 1 is 1.20 bits per heavy atom. The summed E-state index contributed by atoms with van der Waals surface area (Å²) in [5, 5.41) is 9.79. The molecule has 1 nitrogen and oxygen atoms in total. The van der Waals surface area contributed by atoms with Gasteiger partial charge in [-0.1, -0.05) is 54.1 Å². The van der Waals surface area contributed by atoms with Gasteiger partial charge in [-0.3, -0.25) is 0 Å². The van der Waals surface area contributed by atoms with E-state index in [1.807, 2.05) is 12.1 Å². The minimum Gasteiger partial charge on any atom is -0.508 e. The van der Waals surface area contributed by atoms with Crippen molar-refractivity contribution < 1.29 is 5.11 Å². The Kier molecular flexibility index (Phi) is 3.68. The monoisotopic (exact) mass is 268 g/mol. The van der Waals surface area contributed by atoms with Crippen molar-refractivity contribution in [3.63, 3.8) is 0 Å².